The lowest BCUT2D eigenvalue weighted by Crippen LogP contribution is -2.31. The third kappa shape index (κ3) is 3.54. The van der Waals surface area contributed by atoms with Gasteiger partial charge < -0.3 is 10.2 Å². The Bertz CT molecular complexity index is 85.7. The Morgan fingerprint density at radius 2 is 1.90 bits per heavy atom. The summed E-state index contributed by atoms with van der Waals surface area (Å²) in [5, 5.41) is 18.2. The van der Waals surface area contributed by atoms with Crippen LogP contribution < -0.4 is 0 Å². The van der Waals surface area contributed by atoms with Gasteiger partial charge in [0.2, 0.25) is 0 Å². The van der Waals surface area contributed by atoms with E-state index in [0.717, 1.165) is 12.8 Å². The van der Waals surface area contributed by atoms with E-state index in [4.69, 9.17) is 5.11 Å². The molecule has 2 nitrogen and oxygen atoms in total. The molecule has 3 heteroatoms. The molecule has 0 rings (SSSR count). The molecule has 2 N–H and O–H groups in total. The van der Waals surface area contributed by atoms with Crippen LogP contribution in [0.2, 0.25) is 0 Å². The topological polar surface area (TPSA) is 40.5 Å². The maximum Gasteiger partial charge on any atom is 0.0920 e. The number of alkyl halides is 1. The zero-order valence-corrected chi connectivity index (χ0v) is 8.00. The van der Waals surface area contributed by atoms with Gasteiger partial charge in [0.1, 0.15) is 0 Å². The number of rotatable bonds is 4. The van der Waals surface area contributed by atoms with Crippen LogP contribution in [0.1, 0.15) is 26.7 Å². The first-order valence-electron chi connectivity index (χ1n) is 3.59. The molecule has 0 radical (unpaired) electrons. The molecule has 0 heterocycles. The van der Waals surface area contributed by atoms with Crippen LogP contribution in [0.15, 0.2) is 0 Å². The van der Waals surface area contributed by atoms with Crippen LogP contribution in [0.25, 0.3) is 0 Å². The largest absolute Gasteiger partial charge is 0.391 e. The maximum absolute atomic E-state index is 9.23. The summed E-state index contributed by atoms with van der Waals surface area (Å²) in [5.41, 5.74) is 0. The van der Waals surface area contributed by atoms with Crippen LogP contribution in [-0.4, -0.2) is 27.2 Å². The van der Waals surface area contributed by atoms with Gasteiger partial charge in [-0.15, -0.1) is 0 Å². The van der Waals surface area contributed by atoms with Gasteiger partial charge in [-0.05, 0) is 13.3 Å². The third-order valence-corrected chi connectivity index (χ3v) is 2.43. The van der Waals surface area contributed by atoms with Crippen molar-refractivity contribution < 1.29 is 10.2 Å². The second kappa shape index (κ2) is 5.10. The van der Waals surface area contributed by atoms with Gasteiger partial charge >= 0.3 is 0 Å². The van der Waals surface area contributed by atoms with Crippen molar-refractivity contribution in [1.29, 1.82) is 0 Å². The highest BCUT2D eigenvalue weighted by Gasteiger charge is 2.19. The van der Waals surface area contributed by atoms with Gasteiger partial charge in [-0.2, -0.15) is 0 Å². The Morgan fingerprint density at radius 1 is 1.40 bits per heavy atom. The van der Waals surface area contributed by atoms with E-state index in [1.165, 1.54) is 0 Å². The Hall–Kier alpha value is 0.400. The van der Waals surface area contributed by atoms with E-state index in [1.807, 2.05) is 6.92 Å². The van der Waals surface area contributed by atoms with Gasteiger partial charge in [0, 0.05) is 4.83 Å². The maximum atomic E-state index is 9.23. The molecular weight excluding hydrogens is 196 g/mol. The molecule has 0 aliphatic heterocycles. The van der Waals surface area contributed by atoms with Gasteiger partial charge in [0.25, 0.3) is 0 Å². The van der Waals surface area contributed by atoms with Gasteiger partial charge in [-0.25, -0.2) is 0 Å². The van der Waals surface area contributed by atoms with Crippen LogP contribution in [-0.2, 0) is 0 Å². The zero-order chi connectivity index (χ0) is 8.15. The Labute approximate surface area is 70.4 Å². The van der Waals surface area contributed by atoms with Crippen molar-refractivity contribution in [3.8, 4) is 0 Å². The summed E-state index contributed by atoms with van der Waals surface area (Å²) in [7, 11) is 0. The molecule has 0 aliphatic carbocycles. The minimum Gasteiger partial charge on any atom is -0.391 e. The van der Waals surface area contributed by atoms with Gasteiger partial charge in [0.15, 0.2) is 0 Å². The molecule has 3 atom stereocenters. The zero-order valence-electron chi connectivity index (χ0n) is 6.42. The Balaban J connectivity index is 3.58. The highest BCUT2D eigenvalue weighted by atomic mass is 79.9. The molecule has 0 aromatic carbocycles. The highest BCUT2D eigenvalue weighted by molar-refractivity contribution is 9.09. The van der Waals surface area contributed by atoms with Crippen LogP contribution in [0.4, 0.5) is 0 Å². The first-order chi connectivity index (χ1) is 4.59. The molecule has 0 fully saturated rings. The van der Waals surface area contributed by atoms with E-state index in [9.17, 15) is 5.11 Å². The van der Waals surface area contributed by atoms with Gasteiger partial charge in [-0.1, -0.05) is 29.3 Å². The predicted octanol–water partition coefficient (Wildman–Crippen LogP) is 1.29. The summed E-state index contributed by atoms with van der Waals surface area (Å²) < 4.78 is 0. The fraction of sp³-hybridized carbons (Fsp3) is 1.00. The Morgan fingerprint density at radius 3 is 2.20 bits per heavy atom. The van der Waals surface area contributed by atoms with Crippen molar-refractivity contribution in [2.75, 3.05) is 0 Å². The molecule has 0 saturated heterocycles. The number of halogens is 1. The average molecular weight is 211 g/mol. The molecule has 0 aliphatic rings. The van der Waals surface area contributed by atoms with Crippen molar-refractivity contribution in [3.05, 3.63) is 0 Å². The molecule has 0 unspecified atom stereocenters. The lowest BCUT2D eigenvalue weighted by atomic mass is 10.1. The lowest BCUT2D eigenvalue weighted by Gasteiger charge is -2.18. The molecule has 0 saturated carbocycles. The average Bonchev–Trinajstić information content (AvgIpc) is 1.87. The van der Waals surface area contributed by atoms with Crippen molar-refractivity contribution in [3.63, 3.8) is 0 Å². The van der Waals surface area contributed by atoms with E-state index >= 15 is 0 Å². The van der Waals surface area contributed by atoms with Crippen molar-refractivity contribution in [1.82, 2.24) is 0 Å². The van der Waals surface area contributed by atoms with E-state index < -0.39 is 12.2 Å². The summed E-state index contributed by atoms with van der Waals surface area (Å²) in [5.74, 6) is 0. The highest BCUT2D eigenvalue weighted by Crippen LogP contribution is 2.14. The molecule has 0 spiro atoms. The molecule has 0 bridgehead atoms. The predicted molar refractivity (Wildman–Crippen MR) is 45.3 cm³/mol. The second-order valence-corrected chi connectivity index (χ2v) is 3.71. The minimum atomic E-state index is -0.643. The van der Waals surface area contributed by atoms with Gasteiger partial charge in [0.05, 0.1) is 12.2 Å². The normalized spacial score (nSPS) is 20.1. The summed E-state index contributed by atoms with van der Waals surface area (Å²) in [4.78, 5) is 0.0255. The number of aliphatic hydroxyl groups is 2. The second-order valence-electron chi connectivity index (χ2n) is 2.54. The third-order valence-electron chi connectivity index (χ3n) is 1.43. The van der Waals surface area contributed by atoms with E-state index in [0.29, 0.717) is 0 Å². The number of hydrogen-bond donors (Lipinski definition) is 2. The monoisotopic (exact) mass is 210 g/mol. The first kappa shape index (κ1) is 10.4. The molecular formula is C7H15BrO2. The van der Waals surface area contributed by atoms with Crippen molar-refractivity contribution in [2.24, 2.45) is 0 Å². The van der Waals surface area contributed by atoms with Crippen LogP contribution in [0.5, 0.6) is 0 Å². The molecule has 10 heavy (non-hydrogen) atoms. The van der Waals surface area contributed by atoms with Crippen molar-refractivity contribution >= 4 is 15.9 Å². The summed E-state index contributed by atoms with van der Waals surface area (Å²) >= 11 is 3.29. The molecule has 0 amide bonds. The molecule has 62 valence electrons. The smallest absolute Gasteiger partial charge is 0.0920 e. The SMILES string of the molecule is CCC[C@@H](Br)[C@@H](O)[C@H](C)O. The fourth-order valence-electron chi connectivity index (χ4n) is 0.749. The number of hydrogen-bond acceptors (Lipinski definition) is 2. The standard InChI is InChI=1S/C7H15BrO2/c1-3-4-6(8)7(10)5(2)9/h5-7,9-10H,3-4H2,1-2H3/t5-,6+,7-/m0/s1. The molecule has 0 aromatic heterocycles. The summed E-state index contributed by atoms with van der Waals surface area (Å²) in [6, 6.07) is 0. The minimum absolute atomic E-state index is 0.0255. The van der Waals surface area contributed by atoms with Crippen LogP contribution >= 0.6 is 15.9 Å². The Kier molecular flexibility index (Phi) is 5.31. The van der Waals surface area contributed by atoms with Crippen molar-refractivity contribution in [2.45, 2.75) is 43.7 Å². The molecule has 0 aromatic rings. The van der Waals surface area contributed by atoms with Crippen LogP contribution in [0, 0.1) is 0 Å². The fourth-order valence-corrected chi connectivity index (χ4v) is 1.65. The van der Waals surface area contributed by atoms with E-state index in [2.05, 4.69) is 15.9 Å². The summed E-state index contributed by atoms with van der Waals surface area (Å²) in [6.45, 7) is 3.64. The van der Waals surface area contributed by atoms with Crippen LogP contribution in [0.3, 0.4) is 0 Å². The van der Waals surface area contributed by atoms with E-state index in [1.54, 1.807) is 6.92 Å². The first-order valence-corrected chi connectivity index (χ1v) is 4.51. The summed E-state index contributed by atoms with van der Waals surface area (Å²) in [6.07, 6.45) is 0.627. The lowest BCUT2D eigenvalue weighted by molar-refractivity contribution is 0.0302. The van der Waals surface area contributed by atoms with Gasteiger partial charge in [-0.3, -0.25) is 0 Å². The number of aliphatic hydroxyl groups excluding tert-OH is 2. The quantitative estimate of drug-likeness (QED) is 0.688. The van der Waals surface area contributed by atoms with E-state index in [-0.39, 0.29) is 4.83 Å².